The van der Waals surface area contributed by atoms with Gasteiger partial charge in [0, 0.05) is 18.5 Å². The number of hydrogen-bond acceptors (Lipinski definition) is 3. The molecule has 0 unspecified atom stereocenters. The van der Waals surface area contributed by atoms with Crippen LogP contribution in [0.1, 0.15) is 58.4 Å². The van der Waals surface area contributed by atoms with Crippen molar-refractivity contribution in [1.82, 2.24) is 4.90 Å². The first-order chi connectivity index (χ1) is 10.1. The van der Waals surface area contributed by atoms with E-state index in [4.69, 9.17) is 5.11 Å². The summed E-state index contributed by atoms with van der Waals surface area (Å²) >= 11 is 0. The molecule has 1 aliphatic rings. The number of rotatable bonds is 5. The Balaban J connectivity index is 1.96. The molecule has 1 saturated heterocycles. The summed E-state index contributed by atoms with van der Waals surface area (Å²) in [6, 6.07) is 4.94. The number of aryl methyl sites for hydroxylation is 1. The van der Waals surface area contributed by atoms with Crippen LogP contribution in [0.25, 0.3) is 0 Å². The molecule has 0 atom stereocenters. The van der Waals surface area contributed by atoms with Gasteiger partial charge in [-0.05, 0) is 44.5 Å². The van der Waals surface area contributed by atoms with Gasteiger partial charge in [-0.2, -0.15) is 0 Å². The van der Waals surface area contributed by atoms with Gasteiger partial charge in [0.2, 0.25) is 0 Å². The molecular weight excluding hydrogens is 266 g/mol. The molecule has 1 fully saturated rings. The number of carboxylic acid groups (broad SMARTS) is 1. The maximum absolute atomic E-state index is 12.2. The Morgan fingerprint density at radius 3 is 2.43 bits per heavy atom. The molecule has 0 bridgehead atoms. The number of likely N-dealkylation sites (tertiary alicyclic amines) is 1. The summed E-state index contributed by atoms with van der Waals surface area (Å²) in [6.45, 7) is 4.66. The Bertz CT molecular complexity index is 517. The van der Waals surface area contributed by atoms with Crippen LogP contribution in [0.2, 0.25) is 0 Å². The summed E-state index contributed by atoms with van der Waals surface area (Å²) in [4.78, 5) is 25.7. The van der Waals surface area contributed by atoms with E-state index in [0.717, 1.165) is 19.6 Å². The van der Waals surface area contributed by atoms with E-state index in [1.807, 2.05) is 0 Å². The number of benzene rings is 1. The maximum Gasteiger partial charge on any atom is 0.335 e. The minimum Gasteiger partial charge on any atom is -0.478 e. The number of carbonyl (C=O) groups is 2. The van der Waals surface area contributed by atoms with E-state index in [2.05, 4.69) is 4.90 Å². The monoisotopic (exact) mass is 289 g/mol. The smallest absolute Gasteiger partial charge is 0.335 e. The highest BCUT2D eigenvalue weighted by atomic mass is 16.4. The quantitative estimate of drug-likeness (QED) is 0.846. The number of aromatic carboxylic acids is 1. The summed E-state index contributed by atoms with van der Waals surface area (Å²) in [7, 11) is 0. The van der Waals surface area contributed by atoms with Crippen LogP contribution < -0.4 is 0 Å². The molecule has 0 aliphatic carbocycles. The topological polar surface area (TPSA) is 57.6 Å². The normalized spacial score (nSPS) is 16.4. The second-order valence-electron chi connectivity index (χ2n) is 5.76. The lowest BCUT2D eigenvalue weighted by Crippen LogP contribution is -2.27. The van der Waals surface area contributed by atoms with Crippen LogP contribution in [0.15, 0.2) is 18.2 Å². The van der Waals surface area contributed by atoms with E-state index >= 15 is 0 Å². The number of ketones is 1. The second-order valence-corrected chi connectivity index (χ2v) is 5.76. The number of Topliss-reactive ketones (excluding diaryl/α,β-unsaturated/α-hetero) is 1. The molecule has 114 valence electrons. The summed E-state index contributed by atoms with van der Waals surface area (Å²) in [6.07, 6.45) is 5.45. The molecule has 0 saturated carbocycles. The fourth-order valence-electron chi connectivity index (χ4n) is 2.79. The van der Waals surface area contributed by atoms with Gasteiger partial charge in [-0.15, -0.1) is 0 Å². The lowest BCUT2D eigenvalue weighted by Gasteiger charge is -2.19. The van der Waals surface area contributed by atoms with Crippen molar-refractivity contribution in [2.24, 2.45) is 0 Å². The molecule has 0 aromatic heterocycles. The Morgan fingerprint density at radius 1 is 1.14 bits per heavy atom. The maximum atomic E-state index is 12.2. The van der Waals surface area contributed by atoms with Crippen molar-refractivity contribution in [3.05, 3.63) is 34.9 Å². The standard InChI is InChI=1S/C17H23NO3/c1-13-6-7-14(12-15(13)17(20)21)16(19)8-11-18-9-4-2-3-5-10-18/h6-7,12H,2-5,8-11H2,1H3,(H,20,21). The van der Waals surface area contributed by atoms with Crippen LogP contribution in [-0.4, -0.2) is 41.4 Å². The predicted octanol–water partition coefficient (Wildman–Crippen LogP) is 3.14. The highest BCUT2D eigenvalue weighted by Crippen LogP contribution is 2.14. The van der Waals surface area contributed by atoms with Crippen molar-refractivity contribution in [2.75, 3.05) is 19.6 Å². The predicted molar refractivity (Wildman–Crippen MR) is 82.0 cm³/mol. The molecule has 1 aromatic rings. The van der Waals surface area contributed by atoms with E-state index < -0.39 is 5.97 Å². The van der Waals surface area contributed by atoms with Gasteiger partial charge < -0.3 is 10.0 Å². The van der Waals surface area contributed by atoms with Crippen LogP contribution in [0.3, 0.4) is 0 Å². The van der Waals surface area contributed by atoms with Crippen LogP contribution in [0.5, 0.6) is 0 Å². The van der Waals surface area contributed by atoms with Crippen LogP contribution in [0, 0.1) is 6.92 Å². The number of nitrogens with zero attached hydrogens (tertiary/aromatic N) is 1. The fourth-order valence-corrected chi connectivity index (χ4v) is 2.79. The number of carboxylic acids is 1. The first-order valence-corrected chi connectivity index (χ1v) is 7.67. The molecule has 0 spiro atoms. The highest BCUT2D eigenvalue weighted by Gasteiger charge is 2.14. The van der Waals surface area contributed by atoms with Crippen LogP contribution in [0.4, 0.5) is 0 Å². The molecule has 1 heterocycles. The van der Waals surface area contributed by atoms with Crippen molar-refractivity contribution >= 4 is 11.8 Å². The van der Waals surface area contributed by atoms with Crippen molar-refractivity contribution in [3.63, 3.8) is 0 Å². The zero-order valence-corrected chi connectivity index (χ0v) is 12.6. The largest absolute Gasteiger partial charge is 0.478 e. The van der Waals surface area contributed by atoms with E-state index in [1.54, 1.807) is 19.1 Å². The zero-order valence-electron chi connectivity index (χ0n) is 12.6. The number of carbonyl (C=O) groups excluding carboxylic acids is 1. The summed E-state index contributed by atoms with van der Waals surface area (Å²) in [5, 5.41) is 9.12. The molecule has 21 heavy (non-hydrogen) atoms. The van der Waals surface area contributed by atoms with Gasteiger partial charge in [-0.3, -0.25) is 4.79 Å². The van der Waals surface area contributed by atoms with Gasteiger partial charge in [0.1, 0.15) is 0 Å². The molecule has 4 heteroatoms. The Hall–Kier alpha value is -1.68. The molecular formula is C17H23NO3. The highest BCUT2D eigenvalue weighted by molar-refractivity contribution is 5.99. The van der Waals surface area contributed by atoms with Crippen LogP contribution >= 0.6 is 0 Å². The zero-order chi connectivity index (χ0) is 15.2. The molecule has 4 nitrogen and oxygen atoms in total. The summed E-state index contributed by atoms with van der Waals surface area (Å²) in [5.74, 6) is -0.948. The fraction of sp³-hybridized carbons (Fsp3) is 0.529. The van der Waals surface area contributed by atoms with Crippen molar-refractivity contribution in [3.8, 4) is 0 Å². The van der Waals surface area contributed by atoms with E-state index in [1.165, 1.54) is 31.7 Å². The first-order valence-electron chi connectivity index (χ1n) is 7.67. The Labute approximate surface area is 125 Å². The Kier molecular flexibility index (Phi) is 5.51. The summed E-state index contributed by atoms with van der Waals surface area (Å²) in [5.41, 5.74) is 1.41. The third-order valence-corrected chi connectivity index (χ3v) is 4.14. The minimum absolute atomic E-state index is 0.0294. The van der Waals surface area contributed by atoms with E-state index in [0.29, 0.717) is 17.5 Å². The lowest BCUT2D eigenvalue weighted by atomic mass is 10.0. The second kappa shape index (κ2) is 7.36. The Morgan fingerprint density at radius 2 is 1.81 bits per heavy atom. The van der Waals surface area contributed by atoms with Gasteiger partial charge in [0.15, 0.2) is 5.78 Å². The average molecular weight is 289 g/mol. The van der Waals surface area contributed by atoms with Gasteiger partial charge in [0.05, 0.1) is 5.56 Å². The molecule has 2 rings (SSSR count). The van der Waals surface area contributed by atoms with Gasteiger partial charge in [-0.25, -0.2) is 4.79 Å². The SMILES string of the molecule is Cc1ccc(C(=O)CCN2CCCCCC2)cc1C(=O)O. The number of hydrogen-bond donors (Lipinski definition) is 1. The molecule has 1 aromatic carbocycles. The molecule has 0 radical (unpaired) electrons. The first kappa shape index (κ1) is 15.7. The minimum atomic E-state index is -0.977. The average Bonchev–Trinajstić information content (AvgIpc) is 2.73. The van der Waals surface area contributed by atoms with Crippen molar-refractivity contribution in [1.29, 1.82) is 0 Å². The molecule has 1 N–H and O–H groups in total. The molecule has 1 aliphatic heterocycles. The van der Waals surface area contributed by atoms with Gasteiger partial charge in [-0.1, -0.05) is 25.0 Å². The van der Waals surface area contributed by atoms with E-state index in [-0.39, 0.29) is 11.3 Å². The van der Waals surface area contributed by atoms with Crippen molar-refractivity contribution in [2.45, 2.75) is 39.0 Å². The summed E-state index contributed by atoms with van der Waals surface area (Å²) < 4.78 is 0. The molecule has 0 amide bonds. The van der Waals surface area contributed by atoms with Crippen LogP contribution in [-0.2, 0) is 0 Å². The van der Waals surface area contributed by atoms with Gasteiger partial charge in [0.25, 0.3) is 0 Å². The van der Waals surface area contributed by atoms with Gasteiger partial charge >= 0.3 is 5.97 Å². The third kappa shape index (κ3) is 4.39. The third-order valence-electron chi connectivity index (χ3n) is 4.14. The lowest BCUT2D eigenvalue weighted by molar-refractivity contribution is 0.0696. The van der Waals surface area contributed by atoms with Crippen molar-refractivity contribution < 1.29 is 14.7 Å². The van der Waals surface area contributed by atoms with E-state index in [9.17, 15) is 9.59 Å².